The molecule has 15 heavy (non-hydrogen) atoms. The minimum Gasteiger partial charge on any atom is -0.392 e. The second-order valence-corrected chi connectivity index (χ2v) is 7.08. The molecule has 0 rings (SSSR count). The summed E-state index contributed by atoms with van der Waals surface area (Å²) in [6, 6.07) is 0. The van der Waals surface area contributed by atoms with Crippen LogP contribution in [-0.4, -0.2) is 37.8 Å². The minimum atomic E-state index is -3.32. The van der Waals surface area contributed by atoms with Gasteiger partial charge in [0.2, 0.25) is 10.0 Å². The number of aliphatic hydroxyl groups excluding tert-OH is 1. The van der Waals surface area contributed by atoms with E-state index in [1.165, 1.54) is 0 Å². The van der Waals surface area contributed by atoms with Crippen LogP contribution in [0.3, 0.4) is 0 Å². The van der Waals surface area contributed by atoms with Gasteiger partial charge < -0.3 is 5.11 Å². The number of rotatable bonds is 6. The maximum atomic E-state index is 11.2. The molecule has 92 valence electrons. The van der Waals surface area contributed by atoms with Crippen LogP contribution in [0.5, 0.6) is 0 Å². The summed E-state index contributed by atoms with van der Waals surface area (Å²) >= 11 is 5.33. The van der Waals surface area contributed by atoms with Crippen molar-refractivity contribution in [3.63, 3.8) is 0 Å². The van der Waals surface area contributed by atoms with Gasteiger partial charge in [-0.3, -0.25) is 0 Å². The van der Waals surface area contributed by atoms with Gasteiger partial charge in [-0.25, -0.2) is 13.1 Å². The zero-order valence-electron chi connectivity index (χ0n) is 9.46. The number of aliphatic hydroxyl groups is 1. The maximum absolute atomic E-state index is 11.2. The summed E-state index contributed by atoms with van der Waals surface area (Å²) < 4.78 is 24.7. The molecular formula is C9H20ClNO3S. The van der Waals surface area contributed by atoms with E-state index >= 15 is 0 Å². The largest absolute Gasteiger partial charge is 0.392 e. The first-order valence-electron chi connectivity index (χ1n) is 4.88. The van der Waals surface area contributed by atoms with Gasteiger partial charge in [-0.2, -0.15) is 0 Å². The lowest BCUT2D eigenvalue weighted by atomic mass is 9.89. The van der Waals surface area contributed by atoms with Gasteiger partial charge >= 0.3 is 0 Å². The van der Waals surface area contributed by atoms with Crippen LogP contribution in [0.15, 0.2) is 0 Å². The lowest BCUT2D eigenvalue weighted by molar-refractivity contribution is 0.125. The first-order valence-corrected chi connectivity index (χ1v) is 7.06. The Bertz CT molecular complexity index is 272. The van der Waals surface area contributed by atoms with E-state index in [-0.39, 0.29) is 23.6 Å². The molecule has 0 saturated heterocycles. The Labute approximate surface area is 97.1 Å². The van der Waals surface area contributed by atoms with E-state index in [1.54, 1.807) is 0 Å². The SMILES string of the molecule is CC(C)(C)CC(O)CNS(=O)(=O)CCCl. The third-order valence-corrected chi connectivity index (χ3v) is 3.49. The van der Waals surface area contributed by atoms with E-state index in [4.69, 9.17) is 11.6 Å². The molecule has 0 spiro atoms. The van der Waals surface area contributed by atoms with Crippen LogP contribution in [0.1, 0.15) is 27.2 Å². The molecule has 0 fully saturated rings. The molecule has 0 aromatic carbocycles. The topological polar surface area (TPSA) is 66.4 Å². The third kappa shape index (κ3) is 9.11. The molecule has 0 saturated carbocycles. The number of nitrogens with one attached hydrogen (secondary N) is 1. The predicted octanol–water partition coefficient (Wildman–Crippen LogP) is 0.942. The van der Waals surface area contributed by atoms with Gasteiger partial charge in [-0.15, -0.1) is 11.6 Å². The van der Waals surface area contributed by atoms with Crippen LogP contribution in [0.25, 0.3) is 0 Å². The van der Waals surface area contributed by atoms with Gasteiger partial charge in [0.05, 0.1) is 11.9 Å². The number of hydrogen-bond donors (Lipinski definition) is 2. The van der Waals surface area contributed by atoms with Crippen molar-refractivity contribution in [1.29, 1.82) is 0 Å². The van der Waals surface area contributed by atoms with E-state index in [9.17, 15) is 13.5 Å². The lowest BCUT2D eigenvalue weighted by Gasteiger charge is -2.22. The summed E-state index contributed by atoms with van der Waals surface area (Å²) in [6.45, 7) is 6.02. The molecule has 1 unspecified atom stereocenters. The quantitative estimate of drug-likeness (QED) is 0.696. The normalized spacial score (nSPS) is 15.3. The fraction of sp³-hybridized carbons (Fsp3) is 1.00. The number of sulfonamides is 1. The molecule has 0 aliphatic rings. The summed E-state index contributed by atoms with van der Waals surface area (Å²) in [6.07, 6.45) is -0.105. The summed E-state index contributed by atoms with van der Waals surface area (Å²) in [5.74, 6) is -0.0541. The van der Waals surface area contributed by atoms with Crippen LogP contribution < -0.4 is 4.72 Å². The van der Waals surface area contributed by atoms with Crippen molar-refractivity contribution >= 4 is 21.6 Å². The Morgan fingerprint density at radius 2 is 1.93 bits per heavy atom. The van der Waals surface area contributed by atoms with Crippen LogP contribution in [0.4, 0.5) is 0 Å². The molecule has 0 aromatic rings. The van der Waals surface area contributed by atoms with Crippen molar-refractivity contribution in [2.45, 2.75) is 33.3 Å². The molecule has 0 aliphatic heterocycles. The smallest absolute Gasteiger partial charge is 0.212 e. The van der Waals surface area contributed by atoms with Gasteiger partial charge in [0.15, 0.2) is 0 Å². The minimum absolute atomic E-state index is 0.0165. The fourth-order valence-electron chi connectivity index (χ4n) is 1.18. The molecule has 0 bridgehead atoms. The summed E-state index contributed by atoms with van der Waals surface area (Å²) in [4.78, 5) is 0. The predicted molar refractivity (Wildman–Crippen MR) is 62.6 cm³/mol. The Hall–Kier alpha value is 0.160. The molecule has 0 radical (unpaired) electrons. The van der Waals surface area contributed by atoms with Gasteiger partial charge in [0, 0.05) is 12.4 Å². The van der Waals surface area contributed by atoms with Gasteiger partial charge in [0.25, 0.3) is 0 Å². The highest BCUT2D eigenvalue weighted by molar-refractivity contribution is 7.89. The van der Waals surface area contributed by atoms with Crippen LogP contribution in [0, 0.1) is 5.41 Å². The fourth-order valence-corrected chi connectivity index (χ4v) is 2.58. The highest BCUT2D eigenvalue weighted by Gasteiger charge is 2.18. The second kappa shape index (κ2) is 6.03. The van der Waals surface area contributed by atoms with Gasteiger partial charge in [-0.1, -0.05) is 20.8 Å². The van der Waals surface area contributed by atoms with E-state index in [0.717, 1.165) is 0 Å². The van der Waals surface area contributed by atoms with Crippen LogP contribution in [0.2, 0.25) is 0 Å². The summed E-state index contributed by atoms with van der Waals surface area (Å²) in [7, 11) is -3.32. The molecule has 0 aliphatic carbocycles. The lowest BCUT2D eigenvalue weighted by Crippen LogP contribution is -2.35. The number of hydrogen-bond acceptors (Lipinski definition) is 3. The highest BCUT2D eigenvalue weighted by atomic mass is 35.5. The van der Waals surface area contributed by atoms with E-state index in [1.807, 2.05) is 20.8 Å². The van der Waals surface area contributed by atoms with E-state index in [2.05, 4.69) is 4.72 Å². The molecule has 0 amide bonds. The molecule has 6 heteroatoms. The highest BCUT2D eigenvalue weighted by Crippen LogP contribution is 2.20. The zero-order chi connectivity index (χ0) is 12.1. The average molecular weight is 258 g/mol. The van der Waals surface area contributed by atoms with Crippen molar-refractivity contribution in [3.8, 4) is 0 Å². The Balaban J connectivity index is 3.96. The monoisotopic (exact) mass is 257 g/mol. The molecule has 2 N–H and O–H groups in total. The van der Waals surface area contributed by atoms with Crippen molar-refractivity contribution in [2.24, 2.45) is 5.41 Å². The first kappa shape index (κ1) is 15.2. The van der Waals surface area contributed by atoms with Crippen molar-refractivity contribution < 1.29 is 13.5 Å². The Morgan fingerprint density at radius 3 is 2.33 bits per heavy atom. The first-order chi connectivity index (χ1) is 6.66. The summed E-state index contributed by atoms with van der Waals surface area (Å²) in [5, 5.41) is 9.56. The number of halogens is 1. The van der Waals surface area contributed by atoms with E-state index in [0.29, 0.717) is 6.42 Å². The van der Waals surface area contributed by atoms with Gasteiger partial charge in [0.1, 0.15) is 0 Å². The Morgan fingerprint density at radius 1 is 1.40 bits per heavy atom. The van der Waals surface area contributed by atoms with Crippen molar-refractivity contribution in [1.82, 2.24) is 4.72 Å². The Kier molecular flexibility index (Phi) is 6.10. The molecule has 4 nitrogen and oxygen atoms in total. The maximum Gasteiger partial charge on any atom is 0.212 e. The van der Waals surface area contributed by atoms with Crippen LogP contribution >= 0.6 is 11.6 Å². The summed E-state index contributed by atoms with van der Waals surface area (Å²) in [5.41, 5.74) is -0.0165. The van der Waals surface area contributed by atoms with Gasteiger partial charge in [-0.05, 0) is 11.8 Å². The zero-order valence-corrected chi connectivity index (χ0v) is 11.0. The van der Waals surface area contributed by atoms with Crippen molar-refractivity contribution in [2.75, 3.05) is 18.2 Å². The molecule has 1 atom stereocenters. The van der Waals surface area contributed by atoms with E-state index < -0.39 is 16.1 Å². The second-order valence-electron chi connectivity index (χ2n) is 4.77. The number of alkyl halides is 1. The third-order valence-electron chi connectivity index (χ3n) is 1.73. The molecular weight excluding hydrogens is 238 g/mol. The average Bonchev–Trinajstić information content (AvgIpc) is 1.98. The van der Waals surface area contributed by atoms with Crippen LogP contribution in [-0.2, 0) is 10.0 Å². The molecule has 0 heterocycles. The standard InChI is InChI=1S/C9H20ClNO3S/c1-9(2,3)6-8(12)7-11-15(13,14)5-4-10/h8,11-12H,4-7H2,1-3H3. The molecule has 0 aromatic heterocycles. The van der Waals surface area contributed by atoms with Crippen molar-refractivity contribution in [3.05, 3.63) is 0 Å².